The Hall–Kier alpha value is -5.12. The lowest BCUT2D eigenvalue weighted by Gasteiger charge is -2.17. The number of fused-ring (bicyclic) bond motifs is 2. The fraction of sp³-hybridized carbons (Fsp3) is 0.172. The zero-order chi connectivity index (χ0) is 27.1. The predicted molar refractivity (Wildman–Crippen MR) is 150 cm³/mol. The van der Waals surface area contributed by atoms with Crippen molar-refractivity contribution < 1.29 is 9.53 Å². The van der Waals surface area contributed by atoms with Crippen molar-refractivity contribution in [3.8, 4) is 39.7 Å². The third kappa shape index (κ3) is 4.56. The minimum absolute atomic E-state index is 0.0883. The standard InChI is InChI=1S/C29H26N8O2/c1-29(2,3)28(38)32-18-10-17(12-30-13-18)21-8-9-22-25(33-21)26(37-36-22)27-34-23-15-31-14-20(24(23)35-27)16-6-5-7-19(11-16)39-4/h5-15H,1-4H3,(H,32,38)(H,34,35)(H,36,37). The Labute approximate surface area is 223 Å². The molecule has 5 aromatic heterocycles. The molecule has 10 heteroatoms. The zero-order valence-electron chi connectivity index (χ0n) is 21.9. The van der Waals surface area contributed by atoms with Gasteiger partial charge in [0.25, 0.3) is 0 Å². The van der Waals surface area contributed by atoms with E-state index in [-0.39, 0.29) is 5.91 Å². The molecule has 0 aliphatic carbocycles. The second kappa shape index (κ2) is 9.32. The van der Waals surface area contributed by atoms with Gasteiger partial charge >= 0.3 is 0 Å². The third-order valence-electron chi connectivity index (χ3n) is 6.38. The van der Waals surface area contributed by atoms with Gasteiger partial charge in [-0.25, -0.2) is 9.97 Å². The molecule has 0 atom stereocenters. The molecule has 0 saturated carbocycles. The van der Waals surface area contributed by atoms with E-state index in [2.05, 4.69) is 30.5 Å². The highest BCUT2D eigenvalue weighted by Gasteiger charge is 2.22. The molecule has 0 aliphatic heterocycles. The van der Waals surface area contributed by atoms with E-state index in [1.165, 1.54) is 0 Å². The Balaban J connectivity index is 1.40. The molecule has 0 aliphatic rings. The van der Waals surface area contributed by atoms with E-state index in [0.717, 1.165) is 39.0 Å². The number of carbonyl (C=O) groups excluding carboxylic acids is 1. The van der Waals surface area contributed by atoms with Crippen molar-refractivity contribution in [2.24, 2.45) is 5.41 Å². The number of nitrogens with zero attached hydrogens (tertiary/aromatic N) is 5. The van der Waals surface area contributed by atoms with Gasteiger partial charge in [0.2, 0.25) is 5.91 Å². The van der Waals surface area contributed by atoms with E-state index in [9.17, 15) is 4.79 Å². The zero-order valence-corrected chi connectivity index (χ0v) is 21.9. The van der Waals surface area contributed by atoms with Gasteiger partial charge in [-0.2, -0.15) is 5.10 Å². The lowest BCUT2D eigenvalue weighted by molar-refractivity contribution is -0.123. The molecule has 6 rings (SSSR count). The van der Waals surface area contributed by atoms with Crippen LogP contribution in [-0.2, 0) is 4.79 Å². The minimum atomic E-state index is -0.520. The van der Waals surface area contributed by atoms with E-state index in [0.29, 0.717) is 28.4 Å². The normalized spacial score (nSPS) is 11.7. The number of pyridine rings is 3. The molecule has 1 amide bonds. The molecule has 0 radical (unpaired) electrons. The van der Waals surface area contributed by atoms with Gasteiger partial charge < -0.3 is 15.0 Å². The summed E-state index contributed by atoms with van der Waals surface area (Å²) in [6.45, 7) is 5.59. The highest BCUT2D eigenvalue weighted by molar-refractivity contribution is 5.97. The van der Waals surface area contributed by atoms with Gasteiger partial charge in [-0.15, -0.1) is 0 Å². The van der Waals surface area contributed by atoms with Crippen molar-refractivity contribution >= 4 is 33.7 Å². The predicted octanol–water partition coefficient (Wildman–Crippen LogP) is 5.62. The first kappa shape index (κ1) is 24.2. The number of imidazole rings is 1. The van der Waals surface area contributed by atoms with Crippen LogP contribution in [0.2, 0.25) is 0 Å². The van der Waals surface area contributed by atoms with Gasteiger partial charge in [0, 0.05) is 28.9 Å². The van der Waals surface area contributed by atoms with Crippen LogP contribution in [0.25, 0.3) is 56.0 Å². The quantitative estimate of drug-likeness (QED) is 0.270. The Morgan fingerprint density at radius 1 is 0.897 bits per heavy atom. The first-order valence-corrected chi connectivity index (χ1v) is 12.4. The summed E-state index contributed by atoms with van der Waals surface area (Å²) in [5.74, 6) is 1.24. The monoisotopic (exact) mass is 518 g/mol. The van der Waals surface area contributed by atoms with Gasteiger partial charge in [0.1, 0.15) is 11.3 Å². The molecule has 10 nitrogen and oxygen atoms in total. The number of nitrogens with one attached hydrogen (secondary N) is 3. The van der Waals surface area contributed by atoms with Crippen molar-refractivity contribution in [3.63, 3.8) is 0 Å². The van der Waals surface area contributed by atoms with Crippen LogP contribution >= 0.6 is 0 Å². The molecule has 0 saturated heterocycles. The Kier molecular flexibility index (Phi) is 5.79. The molecule has 194 valence electrons. The molecule has 0 bridgehead atoms. The lowest BCUT2D eigenvalue weighted by Crippen LogP contribution is -2.27. The number of aromatic amines is 2. The van der Waals surface area contributed by atoms with Gasteiger partial charge in [-0.3, -0.25) is 19.9 Å². The molecule has 0 spiro atoms. The fourth-order valence-electron chi connectivity index (χ4n) is 4.24. The van der Waals surface area contributed by atoms with Gasteiger partial charge in [-0.05, 0) is 35.9 Å². The van der Waals surface area contributed by atoms with Gasteiger partial charge in [-0.1, -0.05) is 32.9 Å². The number of aromatic nitrogens is 7. The van der Waals surface area contributed by atoms with Crippen molar-refractivity contribution in [3.05, 3.63) is 67.3 Å². The number of methoxy groups -OCH3 is 1. The van der Waals surface area contributed by atoms with Gasteiger partial charge in [0.15, 0.2) is 11.5 Å². The number of H-pyrrole nitrogens is 2. The number of carbonyl (C=O) groups is 1. The number of benzene rings is 1. The van der Waals surface area contributed by atoms with Crippen molar-refractivity contribution in [2.45, 2.75) is 20.8 Å². The summed E-state index contributed by atoms with van der Waals surface area (Å²) in [6, 6.07) is 13.5. The molecule has 0 unspecified atom stereocenters. The van der Waals surface area contributed by atoms with E-state index in [1.807, 2.05) is 63.2 Å². The Morgan fingerprint density at radius 3 is 2.56 bits per heavy atom. The maximum Gasteiger partial charge on any atom is 0.229 e. The summed E-state index contributed by atoms with van der Waals surface area (Å²) in [4.78, 5) is 34.3. The summed E-state index contributed by atoms with van der Waals surface area (Å²) in [6.07, 6.45) is 6.87. The maximum absolute atomic E-state index is 12.5. The molecule has 6 aromatic rings. The number of amides is 1. The summed E-state index contributed by atoms with van der Waals surface area (Å²) in [5.41, 5.74) is 6.94. The van der Waals surface area contributed by atoms with Crippen LogP contribution in [0.5, 0.6) is 5.75 Å². The average molecular weight is 519 g/mol. The molecule has 5 heterocycles. The summed E-state index contributed by atoms with van der Waals surface area (Å²) in [5, 5.41) is 10.5. The van der Waals surface area contributed by atoms with Crippen molar-refractivity contribution in [2.75, 3.05) is 12.4 Å². The molecular formula is C29H26N8O2. The van der Waals surface area contributed by atoms with E-state index in [1.54, 1.807) is 31.9 Å². The van der Waals surface area contributed by atoms with Crippen LogP contribution in [-0.4, -0.2) is 48.1 Å². The number of anilines is 1. The first-order chi connectivity index (χ1) is 18.8. The Bertz CT molecular complexity index is 1850. The van der Waals surface area contributed by atoms with Crippen LogP contribution in [0.1, 0.15) is 20.8 Å². The van der Waals surface area contributed by atoms with Crippen molar-refractivity contribution in [1.82, 2.24) is 35.1 Å². The van der Waals surface area contributed by atoms with Crippen LogP contribution in [0.3, 0.4) is 0 Å². The third-order valence-corrected chi connectivity index (χ3v) is 6.38. The number of hydrogen-bond acceptors (Lipinski definition) is 7. The Morgan fingerprint density at radius 2 is 1.74 bits per heavy atom. The minimum Gasteiger partial charge on any atom is -0.497 e. The number of ether oxygens (including phenoxy) is 1. The summed E-state index contributed by atoms with van der Waals surface area (Å²) < 4.78 is 5.39. The highest BCUT2D eigenvalue weighted by atomic mass is 16.5. The van der Waals surface area contributed by atoms with Crippen LogP contribution in [0.4, 0.5) is 5.69 Å². The second-order valence-corrected chi connectivity index (χ2v) is 10.2. The molecule has 3 N–H and O–H groups in total. The first-order valence-electron chi connectivity index (χ1n) is 12.4. The average Bonchev–Trinajstić information content (AvgIpc) is 3.56. The van der Waals surface area contributed by atoms with Crippen LogP contribution < -0.4 is 10.1 Å². The lowest BCUT2D eigenvalue weighted by atomic mass is 9.95. The molecule has 0 fully saturated rings. The topological polar surface area (TPSA) is 134 Å². The highest BCUT2D eigenvalue weighted by Crippen LogP contribution is 2.32. The molecule has 39 heavy (non-hydrogen) atoms. The maximum atomic E-state index is 12.5. The van der Waals surface area contributed by atoms with Crippen LogP contribution in [0.15, 0.2) is 67.3 Å². The van der Waals surface area contributed by atoms with E-state index in [4.69, 9.17) is 14.7 Å². The smallest absolute Gasteiger partial charge is 0.229 e. The van der Waals surface area contributed by atoms with E-state index >= 15 is 0 Å². The molecule has 1 aromatic carbocycles. The number of rotatable bonds is 5. The summed E-state index contributed by atoms with van der Waals surface area (Å²) >= 11 is 0. The van der Waals surface area contributed by atoms with E-state index < -0.39 is 5.41 Å². The summed E-state index contributed by atoms with van der Waals surface area (Å²) in [7, 11) is 1.64. The van der Waals surface area contributed by atoms with Crippen LogP contribution in [0, 0.1) is 5.41 Å². The SMILES string of the molecule is COc1cccc(-c2cncc3[nH]c(-c4n[nH]c5ccc(-c6cncc(NC(=O)C(C)(C)C)c6)nc45)nc23)c1. The largest absolute Gasteiger partial charge is 0.497 e. The second-order valence-electron chi connectivity index (χ2n) is 10.2. The molecular weight excluding hydrogens is 492 g/mol. The number of hydrogen-bond donors (Lipinski definition) is 3. The van der Waals surface area contributed by atoms with Gasteiger partial charge in [0.05, 0.1) is 47.4 Å². The van der Waals surface area contributed by atoms with Crippen molar-refractivity contribution in [1.29, 1.82) is 0 Å². The fourth-order valence-corrected chi connectivity index (χ4v) is 4.24.